The first-order chi connectivity index (χ1) is 16.2. The summed E-state index contributed by atoms with van der Waals surface area (Å²) in [7, 11) is -2.13. The van der Waals surface area contributed by atoms with E-state index in [2.05, 4.69) is 4.90 Å². The van der Waals surface area contributed by atoms with Gasteiger partial charge in [0.15, 0.2) is 0 Å². The van der Waals surface area contributed by atoms with E-state index in [0.717, 1.165) is 18.7 Å². The van der Waals surface area contributed by atoms with Gasteiger partial charge in [0.1, 0.15) is 16.7 Å². The number of hydrogen-bond donors (Lipinski definition) is 1. The third-order valence-electron chi connectivity index (χ3n) is 6.39. The fourth-order valence-corrected chi connectivity index (χ4v) is 6.02. The Morgan fingerprint density at radius 1 is 1.32 bits per heavy atom. The number of hydrogen-bond acceptors (Lipinski definition) is 7. The van der Waals surface area contributed by atoms with Crippen LogP contribution in [-0.4, -0.2) is 105 Å². The molecule has 10 heteroatoms. The van der Waals surface area contributed by atoms with Crippen molar-refractivity contribution in [1.82, 2.24) is 14.1 Å². The first-order valence-corrected chi connectivity index (χ1v) is 13.2. The third-order valence-corrected chi connectivity index (χ3v) is 8.41. The Morgan fingerprint density at radius 2 is 2.03 bits per heavy atom. The van der Waals surface area contributed by atoms with Crippen LogP contribution in [0.4, 0.5) is 0 Å². The molecule has 0 aliphatic carbocycles. The average Bonchev–Trinajstić information content (AvgIpc) is 2.81. The monoisotopic (exact) mass is 495 g/mol. The number of carbonyl (C=O) groups is 1. The molecule has 0 spiro atoms. The van der Waals surface area contributed by atoms with E-state index in [1.54, 1.807) is 37.1 Å². The molecule has 1 aromatic rings. The smallest absolute Gasteiger partial charge is 0.247 e. The van der Waals surface area contributed by atoms with E-state index in [4.69, 9.17) is 9.47 Å². The second kappa shape index (κ2) is 11.6. The topological polar surface area (TPSA) is 99.6 Å². The predicted octanol–water partition coefficient (Wildman–Crippen LogP) is 1.28. The largest absolute Gasteiger partial charge is 0.487 e. The quantitative estimate of drug-likeness (QED) is 0.608. The van der Waals surface area contributed by atoms with Crippen molar-refractivity contribution < 1.29 is 27.8 Å². The lowest BCUT2D eigenvalue weighted by atomic mass is 10.0. The zero-order valence-corrected chi connectivity index (χ0v) is 21.3. The van der Waals surface area contributed by atoms with Crippen molar-refractivity contribution in [3.05, 3.63) is 29.8 Å². The average molecular weight is 496 g/mol. The summed E-state index contributed by atoms with van der Waals surface area (Å²) in [6.45, 7) is 8.70. The molecule has 1 fully saturated rings. The van der Waals surface area contributed by atoms with Gasteiger partial charge in [-0.05, 0) is 31.5 Å². The van der Waals surface area contributed by atoms with E-state index in [-0.39, 0.29) is 35.6 Å². The molecule has 1 aromatic carbocycles. The van der Waals surface area contributed by atoms with Gasteiger partial charge in [0.05, 0.1) is 32.9 Å². The molecule has 0 radical (unpaired) electrons. The van der Waals surface area contributed by atoms with Gasteiger partial charge in [-0.3, -0.25) is 9.69 Å². The van der Waals surface area contributed by atoms with Crippen LogP contribution in [0.2, 0.25) is 0 Å². The normalized spacial score (nSPS) is 24.6. The standard InChI is InChI=1S/C24H37N3O6S/c1-5-6-20-7-8-23-21(13-20)33-22(18(2)14-27(19(3)17-28)34(23,30)31)15-25(4)24(29)16-26-9-11-32-12-10-26/h5-8,13,18-19,22,28H,9-12,14-17H2,1-4H3/b6-5+/t18-,19-,22+/m0/s1. The van der Waals surface area contributed by atoms with Gasteiger partial charge in [0, 0.05) is 38.6 Å². The van der Waals surface area contributed by atoms with E-state index < -0.39 is 22.2 Å². The summed E-state index contributed by atoms with van der Waals surface area (Å²) < 4.78 is 40.0. The van der Waals surface area contributed by atoms with Crippen LogP contribution in [0.1, 0.15) is 26.3 Å². The molecule has 0 bridgehead atoms. The van der Waals surface area contributed by atoms with Crippen molar-refractivity contribution >= 4 is 22.0 Å². The van der Waals surface area contributed by atoms with Gasteiger partial charge in [0.25, 0.3) is 0 Å². The van der Waals surface area contributed by atoms with Crippen molar-refractivity contribution in [2.45, 2.75) is 37.8 Å². The summed E-state index contributed by atoms with van der Waals surface area (Å²) in [5, 5.41) is 9.76. The SMILES string of the molecule is C/C=C/c1ccc2c(c1)O[C@H](CN(C)C(=O)CN1CCOCC1)[C@@H](C)CN([C@@H](C)CO)S2(=O)=O. The van der Waals surface area contributed by atoms with Crippen LogP contribution in [0.3, 0.4) is 0 Å². The van der Waals surface area contributed by atoms with Gasteiger partial charge in [-0.15, -0.1) is 0 Å². The summed E-state index contributed by atoms with van der Waals surface area (Å²) in [6.07, 6.45) is 3.32. The van der Waals surface area contributed by atoms with E-state index >= 15 is 0 Å². The van der Waals surface area contributed by atoms with Crippen LogP contribution in [0, 0.1) is 5.92 Å². The van der Waals surface area contributed by atoms with Crippen LogP contribution in [-0.2, 0) is 19.6 Å². The van der Waals surface area contributed by atoms with E-state index in [1.165, 1.54) is 4.31 Å². The highest BCUT2D eigenvalue weighted by Crippen LogP contribution is 2.34. The minimum absolute atomic E-state index is 0.0177. The van der Waals surface area contributed by atoms with Crippen LogP contribution >= 0.6 is 0 Å². The Morgan fingerprint density at radius 3 is 2.68 bits per heavy atom. The summed E-state index contributed by atoms with van der Waals surface area (Å²) >= 11 is 0. The van der Waals surface area contributed by atoms with Crippen molar-refractivity contribution in [2.24, 2.45) is 5.92 Å². The summed E-state index contributed by atoms with van der Waals surface area (Å²) in [5.74, 6) is 0.0214. The first kappa shape index (κ1) is 26.6. The van der Waals surface area contributed by atoms with Crippen molar-refractivity contribution in [2.75, 3.05) is 59.6 Å². The molecular weight excluding hydrogens is 458 g/mol. The number of nitrogens with zero attached hydrogens (tertiary/aromatic N) is 3. The van der Waals surface area contributed by atoms with Crippen molar-refractivity contribution in [3.63, 3.8) is 0 Å². The molecule has 2 aliphatic heterocycles. The van der Waals surface area contributed by atoms with Crippen LogP contribution < -0.4 is 4.74 Å². The molecule has 2 aliphatic rings. The second-order valence-corrected chi connectivity index (χ2v) is 11.0. The zero-order chi connectivity index (χ0) is 24.9. The van der Waals surface area contributed by atoms with Gasteiger partial charge in [-0.2, -0.15) is 4.31 Å². The van der Waals surface area contributed by atoms with Crippen molar-refractivity contribution in [3.8, 4) is 5.75 Å². The summed E-state index contributed by atoms with van der Waals surface area (Å²) in [6, 6.07) is 4.42. The molecular formula is C24H37N3O6S. The lowest BCUT2D eigenvalue weighted by molar-refractivity contribution is -0.133. The molecule has 1 amide bonds. The Hall–Kier alpha value is -1.98. The fourth-order valence-electron chi connectivity index (χ4n) is 4.20. The molecule has 1 saturated heterocycles. The maximum atomic E-state index is 13.5. The number of aliphatic hydroxyl groups is 1. The first-order valence-electron chi connectivity index (χ1n) is 11.8. The molecule has 1 N–H and O–H groups in total. The van der Waals surface area contributed by atoms with E-state index in [0.29, 0.717) is 26.3 Å². The predicted molar refractivity (Wildman–Crippen MR) is 130 cm³/mol. The van der Waals surface area contributed by atoms with Gasteiger partial charge in [-0.25, -0.2) is 8.42 Å². The molecule has 3 rings (SSSR count). The highest BCUT2D eigenvalue weighted by Gasteiger charge is 2.38. The number of morpholine rings is 1. The van der Waals surface area contributed by atoms with Gasteiger partial charge < -0.3 is 19.5 Å². The van der Waals surface area contributed by atoms with Gasteiger partial charge >= 0.3 is 0 Å². The van der Waals surface area contributed by atoms with Crippen LogP contribution in [0.15, 0.2) is 29.2 Å². The number of aliphatic hydroxyl groups excluding tert-OH is 1. The fraction of sp³-hybridized carbons (Fsp3) is 0.625. The maximum Gasteiger partial charge on any atom is 0.247 e. The highest BCUT2D eigenvalue weighted by atomic mass is 32.2. The molecule has 34 heavy (non-hydrogen) atoms. The number of likely N-dealkylation sites (N-methyl/N-ethyl adjacent to an activating group) is 1. The number of allylic oxidation sites excluding steroid dienone is 1. The number of amides is 1. The minimum atomic E-state index is -3.88. The summed E-state index contributed by atoms with van der Waals surface area (Å²) in [5.41, 5.74) is 0.821. The molecule has 2 heterocycles. The number of sulfonamides is 1. The molecule has 0 aromatic heterocycles. The number of rotatable bonds is 7. The zero-order valence-electron chi connectivity index (χ0n) is 20.5. The molecule has 9 nitrogen and oxygen atoms in total. The Kier molecular flexibility index (Phi) is 9.11. The molecule has 0 unspecified atom stereocenters. The lowest BCUT2D eigenvalue weighted by Gasteiger charge is -2.38. The number of fused-ring (bicyclic) bond motifs is 1. The minimum Gasteiger partial charge on any atom is -0.487 e. The molecule has 3 atom stereocenters. The highest BCUT2D eigenvalue weighted by molar-refractivity contribution is 7.89. The Balaban J connectivity index is 1.89. The van der Waals surface area contributed by atoms with Crippen LogP contribution in [0.5, 0.6) is 5.75 Å². The van der Waals surface area contributed by atoms with Crippen LogP contribution in [0.25, 0.3) is 6.08 Å². The van der Waals surface area contributed by atoms with Gasteiger partial charge in [0.2, 0.25) is 15.9 Å². The number of ether oxygens (including phenoxy) is 2. The molecule has 0 saturated carbocycles. The van der Waals surface area contributed by atoms with E-state index in [1.807, 2.05) is 26.0 Å². The second-order valence-electron chi connectivity index (χ2n) is 9.11. The van der Waals surface area contributed by atoms with Crippen molar-refractivity contribution in [1.29, 1.82) is 0 Å². The lowest BCUT2D eigenvalue weighted by Crippen LogP contribution is -2.51. The Bertz CT molecular complexity index is 977. The van der Waals surface area contributed by atoms with Gasteiger partial charge in [-0.1, -0.05) is 25.1 Å². The summed E-state index contributed by atoms with van der Waals surface area (Å²) in [4.78, 5) is 16.7. The third kappa shape index (κ3) is 6.17. The Labute approximate surface area is 203 Å². The number of benzene rings is 1. The maximum absolute atomic E-state index is 13.5. The number of carbonyl (C=O) groups excluding carboxylic acids is 1. The molecule has 190 valence electrons. The van der Waals surface area contributed by atoms with E-state index in [9.17, 15) is 18.3 Å².